The lowest BCUT2D eigenvalue weighted by atomic mass is 10.1. The van der Waals surface area contributed by atoms with Crippen molar-refractivity contribution in [3.63, 3.8) is 0 Å². The van der Waals surface area contributed by atoms with Crippen molar-refractivity contribution >= 4 is 23.6 Å². The van der Waals surface area contributed by atoms with Crippen LogP contribution in [0.3, 0.4) is 0 Å². The second-order valence-corrected chi connectivity index (χ2v) is 7.17. The molecule has 3 rings (SSSR count). The molecule has 1 heterocycles. The summed E-state index contributed by atoms with van der Waals surface area (Å²) >= 11 is 0. The Hall–Kier alpha value is -3.74. The number of nitrogens with one attached hydrogen (secondary N) is 1. The van der Waals surface area contributed by atoms with E-state index in [1.54, 1.807) is 24.0 Å². The van der Waals surface area contributed by atoms with Gasteiger partial charge in [-0.2, -0.15) is 0 Å². The third-order valence-electron chi connectivity index (χ3n) is 4.64. The van der Waals surface area contributed by atoms with Crippen molar-refractivity contribution in [2.75, 3.05) is 18.9 Å². The van der Waals surface area contributed by atoms with E-state index in [-0.39, 0.29) is 18.4 Å². The van der Waals surface area contributed by atoms with Crippen LogP contribution in [0.5, 0.6) is 0 Å². The third-order valence-corrected chi connectivity index (χ3v) is 4.64. The number of hydrogen-bond acceptors (Lipinski definition) is 4. The summed E-state index contributed by atoms with van der Waals surface area (Å²) < 4.78 is 1.71. The molecule has 0 saturated heterocycles. The van der Waals surface area contributed by atoms with Crippen LogP contribution in [-0.2, 0) is 16.1 Å². The lowest BCUT2D eigenvalue weighted by molar-refractivity contribution is -0.129. The topological polar surface area (TPSA) is 80.1 Å². The van der Waals surface area contributed by atoms with E-state index in [4.69, 9.17) is 0 Å². The summed E-state index contributed by atoms with van der Waals surface area (Å²) in [4.78, 5) is 26.0. The zero-order chi connectivity index (χ0) is 21.5. The molecule has 7 nitrogen and oxygen atoms in total. The van der Waals surface area contributed by atoms with Crippen LogP contribution in [-0.4, -0.2) is 45.3 Å². The quantitative estimate of drug-likeness (QED) is 0.615. The van der Waals surface area contributed by atoms with E-state index in [1.807, 2.05) is 62.4 Å². The van der Waals surface area contributed by atoms with Crippen LogP contribution in [0.4, 0.5) is 5.69 Å². The lowest BCUT2D eigenvalue weighted by Crippen LogP contribution is -2.34. The number of aromatic nitrogens is 3. The largest absolute Gasteiger partial charge is 0.333 e. The molecular weight excluding hydrogens is 378 g/mol. The Balaban J connectivity index is 1.54. The standard InChI is InChI=1S/C23H25N5O2/c1-17-8-7-9-18(2)23(17)24-21(29)16-27(3)22(30)13-12-20-15-28(26-25-20)14-19-10-5-4-6-11-19/h4-13,15H,14,16H2,1-3H3,(H,24,29)/b13-12+. The fourth-order valence-corrected chi connectivity index (χ4v) is 3.01. The molecule has 0 aliphatic rings. The molecule has 0 saturated carbocycles. The van der Waals surface area contributed by atoms with Gasteiger partial charge in [-0.1, -0.05) is 53.7 Å². The summed E-state index contributed by atoms with van der Waals surface area (Å²) in [5.41, 5.74) is 4.44. The molecule has 0 bridgehead atoms. The molecule has 0 aliphatic heterocycles. The minimum Gasteiger partial charge on any atom is -0.333 e. The highest BCUT2D eigenvalue weighted by atomic mass is 16.2. The number of aryl methyl sites for hydroxylation is 2. The summed E-state index contributed by atoms with van der Waals surface area (Å²) in [5, 5.41) is 11.0. The Morgan fingerprint density at radius 1 is 1.07 bits per heavy atom. The highest BCUT2D eigenvalue weighted by molar-refractivity contribution is 5.98. The van der Waals surface area contributed by atoms with Gasteiger partial charge in [0.25, 0.3) is 0 Å². The Kier molecular flexibility index (Phi) is 6.75. The molecule has 2 amide bonds. The highest BCUT2D eigenvalue weighted by Crippen LogP contribution is 2.19. The molecule has 3 aromatic rings. The Morgan fingerprint density at radius 2 is 1.77 bits per heavy atom. The molecule has 30 heavy (non-hydrogen) atoms. The van der Waals surface area contributed by atoms with Crippen LogP contribution in [0, 0.1) is 13.8 Å². The minimum atomic E-state index is -0.288. The van der Waals surface area contributed by atoms with Crippen molar-refractivity contribution in [2.24, 2.45) is 0 Å². The SMILES string of the molecule is Cc1cccc(C)c1NC(=O)CN(C)C(=O)/C=C/c1cn(Cc2ccccc2)nn1. The van der Waals surface area contributed by atoms with Gasteiger partial charge in [0.2, 0.25) is 11.8 Å². The Morgan fingerprint density at radius 3 is 2.47 bits per heavy atom. The average molecular weight is 403 g/mol. The van der Waals surface area contributed by atoms with Gasteiger partial charge in [0.05, 0.1) is 19.3 Å². The number of hydrogen-bond donors (Lipinski definition) is 1. The van der Waals surface area contributed by atoms with Crippen molar-refractivity contribution in [2.45, 2.75) is 20.4 Å². The maximum absolute atomic E-state index is 12.3. The van der Waals surface area contributed by atoms with Crippen LogP contribution in [0.25, 0.3) is 6.08 Å². The second-order valence-electron chi connectivity index (χ2n) is 7.17. The highest BCUT2D eigenvalue weighted by Gasteiger charge is 2.13. The van der Waals surface area contributed by atoms with Gasteiger partial charge in [0.1, 0.15) is 5.69 Å². The van der Waals surface area contributed by atoms with Crippen LogP contribution in [0.15, 0.2) is 60.8 Å². The van der Waals surface area contributed by atoms with Crippen LogP contribution in [0.2, 0.25) is 0 Å². The van der Waals surface area contributed by atoms with Gasteiger partial charge in [-0.05, 0) is 36.6 Å². The van der Waals surface area contributed by atoms with Crippen LogP contribution in [0.1, 0.15) is 22.4 Å². The van der Waals surface area contributed by atoms with E-state index >= 15 is 0 Å². The summed E-state index contributed by atoms with van der Waals surface area (Å²) in [7, 11) is 1.59. The summed E-state index contributed by atoms with van der Waals surface area (Å²) in [6.07, 6.45) is 4.75. The van der Waals surface area contributed by atoms with Crippen LogP contribution < -0.4 is 5.32 Å². The number of likely N-dealkylation sites (N-methyl/N-ethyl adjacent to an activating group) is 1. The first-order valence-corrected chi connectivity index (χ1v) is 9.65. The lowest BCUT2D eigenvalue weighted by Gasteiger charge is -2.16. The number of carbonyl (C=O) groups excluding carboxylic acids is 2. The van der Waals surface area contributed by atoms with Gasteiger partial charge in [0, 0.05) is 18.8 Å². The first-order chi connectivity index (χ1) is 14.4. The smallest absolute Gasteiger partial charge is 0.246 e. The van der Waals surface area contributed by atoms with Gasteiger partial charge in [-0.3, -0.25) is 9.59 Å². The molecule has 2 aromatic carbocycles. The van der Waals surface area contributed by atoms with Crippen molar-refractivity contribution in [1.29, 1.82) is 0 Å². The minimum absolute atomic E-state index is 0.0440. The number of amides is 2. The predicted molar refractivity (Wildman–Crippen MR) is 117 cm³/mol. The molecule has 0 unspecified atom stereocenters. The molecule has 1 N–H and O–H groups in total. The van der Waals surface area contributed by atoms with Crippen LogP contribution >= 0.6 is 0 Å². The van der Waals surface area contributed by atoms with Crippen molar-refractivity contribution in [3.05, 3.63) is 83.2 Å². The number of benzene rings is 2. The van der Waals surface area contributed by atoms with E-state index in [2.05, 4.69) is 15.6 Å². The molecule has 0 spiro atoms. The summed E-state index contributed by atoms with van der Waals surface area (Å²) in [6.45, 7) is 4.43. The number of para-hydroxylation sites is 1. The average Bonchev–Trinajstić information content (AvgIpc) is 3.17. The summed E-state index contributed by atoms with van der Waals surface area (Å²) in [6, 6.07) is 15.7. The van der Waals surface area contributed by atoms with E-state index in [9.17, 15) is 9.59 Å². The summed E-state index contributed by atoms with van der Waals surface area (Å²) in [5.74, 6) is -0.533. The normalized spacial score (nSPS) is 10.9. The number of nitrogens with zero attached hydrogens (tertiary/aromatic N) is 4. The Bertz CT molecular complexity index is 1040. The molecular formula is C23H25N5O2. The van der Waals surface area contributed by atoms with Crippen molar-refractivity contribution in [3.8, 4) is 0 Å². The Labute approximate surface area is 176 Å². The van der Waals surface area contributed by atoms with Crippen molar-refractivity contribution in [1.82, 2.24) is 19.9 Å². The van der Waals surface area contributed by atoms with E-state index in [0.717, 1.165) is 22.4 Å². The van der Waals surface area contributed by atoms with Gasteiger partial charge in [-0.15, -0.1) is 5.10 Å². The van der Waals surface area contributed by atoms with Crippen molar-refractivity contribution < 1.29 is 9.59 Å². The van der Waals surface area contributed by atoms with Gasteiger partial charge < -0.3 is 10.2 Å². The third kappa shape index (κ3) is 5.64. The zero-order valence-electron chi connectivity index (χ0n) is 17.4. The number of rotatable bonds is 7. The maximum atomic E-state index is 12.3. The van der Waals surface area contributed by atoms with Gasteiger partial charge >= 0.3 is 0 Å². The molecule has 0 atom stereocenters. The first kappa shape index (κ1) is 21.0. The van der Waals surface area contributed by atoms with Gasteiger partial charge in [-0.25, -0.2) is 4.68 Å². The van der Waals surface area contributed by atoms with Gasteiger partial charge in [0.15, 0.2) is 0 Å². The molecule has 0 aliphatic carbocycles. The monoisotopic (exact) mass is 403 g/mol. The molecule has 0 fully saturated rings. The van der Waals surface area contributed by atoms with E-state index in [1.165, 1.54) is 11.0 Å². The number of anilines is 1. The predicted octanol–water partition coefficient (Wildman–Crippen LogP) is 3.05. The number of carbonyl (C=O) groups is 2. The molecule has 154 valence electrons. The van der Waals surface area contributed by atoms with E-state index < -0.39 is 0 Å². The second kappa shape index (κ2) is 9.65. The zero-order valence-corrected chi connectivity index (χ0v) is 17.4. The molecule has 7 heteroatoms. The molecule has 0 radical (unpaired) electrons. The maximum Gasteiger partial charge on any atom is 0.246 e. The fourth-order valence-electron chi connectivity index (χ4n) is 3.01. The van der Waals surface area contributed by atoms with E-state index in [0.29, 0.717) is 12.2 Å². The fraction of sp³-hybridized carbons (Fsp3) is 0.217. The molecule has 1 aromatic heterocycles. The first-order valence-electron chi connectivity index (χ1n) is 9.65.